The lowest BCUT2D eigenvalue weighted by Gasteiger charge is -2.27. The molecule has 3 rings (SSSR count). The van der Waals surface area contributed by atoms with Crippen LogP contribution in [-0.2, 0) is 11.3 Å². The summed E-state index contributed by atoms with van der Waals surface area (Å²) in [6, 6.07) is 3.77. The van der Waals surface area contributed by atoms with Gasteiger partial charge in [-0.1, -0.05) is 11.6 Å². The largest absolute Gasteiger partial charge is 0.378 e. The number of hydrogen-bond donors (Lipinski definition) is 0. The number of thiophene rings is 1. The summed E-state index contributed by atoms with van der Waals surface area (Å²) in [6.45, 7) is 3.05. The third kappa shape index (κ3) is 4.08. The lowest BCUT2D eigenvalue weighted by molar-refractivity contribution is 0.0302. The molecule has 0 radical (unpaired) electrons. The lowest BCUT2D eigenvalue weighted by atomic mass is 10.2. The molecule has 0 saturated carbocycles. The molecule has 1 amide bonds. The summed E-state index contributed by atoms with van der Waals surface area (Å²) in [5.41, 5.74) is 1.69. The second-order valence-electron chi connectivity index (χ2n) is 5.55. The summed E-state index contributed by atoms with van der Waals surface area (Å²) in [7, 11) is 1.93. The standard InChI is InChI=1S/C16H17BrClN3O2S/c1-20(9-11-6-14(17)24-10-11)15-13(18)7-12(8-19-15)16(22)21-2-4-23-5-3-21/h6-8,10H,2-5,9H2,1H3. The molecule has 2 aromatic rings. The number of halogens is 2. The van der Waals surface area contributed by atoms with Crippen LogP contribution in [0.15, 0.2) is 27.5 Å². The van der Waals surface area contributed by atoms with Gasteiger partial charge in [-0.3, -0.25) is 4.79 Å². The number of carbonyl (C=O) groups is 1. The van der Waals surface area contributed by atoms with E-state index in [9.17, 15) is 4.79 Å². The Kier molecular flexibility index (Phi) is 5.76. The van der Waals surface area contributed by atoms with Crippen molar-refractivity contribution in [2.75, 3.05) is 38.3 Å². The highest BCUT2D eigenvalue weighted by atomic mass is 79.9. The summed E-state index contributed by atoms with van der Waals surface area (Å²) < 4.78 is 6.37. The van der Waals surface area contributed by atoms with E-state index in [-0.39, 0.29) is 5.91 Å². The van der Waals surface area contributed by atoms with E-state index in [0.29, 0.717) is 49.3 Å². The van der Waals surface area contributed by atoms with Crippen molar-refractivity contribution in [1.29, 1.82) is 0 Å². The van der Waals surface area contributed by atoms with Crippen LogP contribution in [0, 0.1) is 0 Å². The van der Waals surface area contributed by atoms with E-state index in [1.54, 1.807) is 28.5 Å². The monoisotopic (exact) mass is 429 g/mol. The average molecular weight is 431 g/mol. The second-order valence-corrected chi connectivity index (χ2v) is 8.25. The van der Waals surface area contributed by atoms with Crippen molar-refractivity contribution in [2.24, 2.45) is 0 Å². The highest BCUT2D eigenvalue weighted by Gasteiger charge is 2.20. The summed E-state index contributed by atoms with van der Waals surface area (Å²) >= 11 is 11.5. The molecule has 0 bridgehead atoms. The Labute approximate surface area is 158 Å². The van der Waals surface area contributed by atoms with Crippen LogP contribution in [0.1, 0.15) is 15.9 Å². The summed E-state index contributed by atoms with van der Waals surface area (Å²) in [5.74, 6) is 0.612. The zero-order valence-corrected chi connectivity index (χ0v) is 16.3. The van der Waals surface area contributed by atoms with Crippen molar-refractivity contribution in [2.45, 2.75) is 6.54 Å². The quantitative estimate of drug-likeness (QED) is 0.742. The van der Waals surface area contributed by atoms with E-state index in [4.69, 9.17) is 16.3 Å². The number of morpholine rings is 1. The van der Waals surface area contributed by atoms with Gasteiger partial charge in [-0.15, -0.1) is 11.3 Å². The SMILES string of the molecule is CN(Cc1csc(Br)c1)c1ncc(C(=O)N2CCOCC2)cc1Cl. The van der Waals surface area contributed by atoms with Gasteiger partial charge in [0, 0.05) is 32.9 Å². The van der Waals surface area contributed by atoms with E-state index >= 15 is 0 Å². The number of nitrogens with zero attached hydrogens (tertiary/aromatic N) is 3. The van der Waals surface area contributed by atoms with Gasteiger partial charge in [0.05, 0.1) is 27.6 Å². The predicted molar refractivity (Wildman–Crippen MR) is 100 cm³/mol. The van der Waals surface area contributed by atoms with Crippen molar-refractivity contribution >= 4 is 50.6 Å². The molecule has 0 aromatic carbocycles. The summed E-state index contributed by atoms with van der Waals surface area (Å²) in [4.78, 5) is 20.6. The number of carbonyl (C=O) groups excluding carboxylic acids is 1. The van der Waals surface area contributed by atoms with Gasteiger partial charge in [-0.2, -0.15) is 0 Å². The molecule has 1 saturated heterocycles. The van der Waals surface area contributed by atoms with E-state index in [1.807, 2.05) is 11.9 Å². The number of amides is 1. The maximum Gasteiger partial charge on any atom is 0.255 e. The molecule has 0 aliphatic carbocycles. The Bertz CT molecular complexity index is 734. The zero-order valence-electron chi connectivity index (χ0n) is 13.2. The Balaban J connectivity index is 1.72. The van der Waals surface area contributed by atoms with Crippen LogP contribution in [0.3, 0.4) is 0 Å². The molecule has 0 atom stereocenters. The highest BCUT2D eigenvalue weighted by Crippen LogP contribution is 2.27. The highest BCUT2D eigenvalue weighted by molar-refractivity contribution is 9.11. The minimum absolute atomic E-state index is 0.0522. The molecule has 5 nitrogen and oxygen atoms in total. The van der Waals surface area contributed by atoms with E-state index in [1.165, 1.54) is 5.56 Å². The fourth-order valence-electron chi connectivity index (χ4n) is 2.55. The first kappa shape index (κ1) is 17.7. The fourth-order valence-corrected chi connectivity index (χ4v) is 4.07. The molecule has 0 unspecified atom stereocenters. The molecule has 128 valence electrons. The minimum Gasteiger partial charge on any atom is -0.378 e. The van der Waals surface area contributed by atoms with Crippen LogP contribution >= 0.6 is 38.9 Å². The number of ether oxygens (including phenoxy) is 1. The molecular formula is C16H17BrClN3O2S. The third-order valence-corrected chi connectivity index (χ3v) is 5.60. The first-order chi connectivity index (χ1) is 11.5. The Morgan fingerprint density at radius 3 is 2.83 bits per heavy atom. The van der Waals surface area contributed by atoms with Gasteiger partial charge in [0.2, 0.25) is 0 Å². The van der Waals surface area contributed by atoms with Gasteiger partial charge >= 0.3 is 0 Å². The topological polar surface area (TPSA) is 45.7 Å². The maximum absolute atomic E-state index is 12.5. The molecule has 0 spiro atoms. The predicted octanol–water partition coefficient (Wildman–Crippen LogP) is 3.67. The minimum atomic E-state index is -0.0522. The van der Waals surface area contributed by atoms with Crippen molar-refractivity contribution in [3.05, 3.63) is 43.6 Å². The van der Waals surface area contributed by atoms with Gasteiger partial charge < -0.3 is 14.5 Å². The van der Waals surface area contributed by atoms with Crippen LogP contribution in [0.4, 0.5) is 5.82 Å². The fraction of sp³-hybridized carbons (Fsp3) is 0.375. The first-order valence-corrected chi connectivity index (χ1v) is 9.56. The molecule has 1 aliphatic heterocycles. The zero-order chi connectivity index (χ0) is 17.1. The molecule has 1 aliphatic rings. The van der Waals surface area contributed by atoms with Crippen LogP contribution < -0.4 is 4.90 Å². The molecule has 1 fully saturated rings. The van der Waals surface area contributed by atoms with Gasteiger partial charge in [-0.25, -0.2) is 4.98 Å². The Hall–Kier alpha value is -1.15. The van der Waals surface area contributed by atoms with Gasteiger partial charge in [0.25, 0.3) is 5.91 Å². The van der Waals surface area contributed by atoms with Crippen LogP contribution in [0.25, 0.3) is 0 Å². The van der Waals surface area contributed by atoms with Gasteiger partial charge in [-0.05, 0) is 39.0 Å². The first-order valence-electron chi connectivity index (χ1n) is 7.51. The number of pyridine rings is 1. The third-order valence-electron chi connectivity index (χ3n) is 3.77. The second kappa shape index (κ2) is 7.82. The van der Waals surface area contributed by atoms with Crippen molar-refractivity contribution < 1.29 is 9.53 Å². The number of rotatable bonds is 4. The molecule has 3 heterocycles. The molecule has 2 aromatic heterocycles. The van der Waals surface area contributed by atoms with Gasteiger partial charge in [0.1, 0.15) is 5.82 Å². The summed E-state index contributed by atoms with van der Waals surface area (Å²) in [6.07, 6.45) is 1.60. The van der Waals surface area contributed by atoms with Crippen molar-refractivity contribution in [3.8, 4) is 0 Å². The number of anilines is 1. The number of hydrogen-bond acceptors (Lipinski definition) is 5. The van der Waals surface area contributed by atoms with Gasteiger partial charge in [0.15, 0.2) is 0 Å². The lowest BCUT2D eigenvalue weighted by Crippen LogP contribution is -2.40. The smallest absolute Gasteiger partial charge is 0.255 e. The van der Waals surface area contributed by atoms with Crippen LogP contribution in [0.5, 0.6) is 0 Å². The average Bonchev–Trinajstić information content (AvgIpc) is 2.99. The van der Waals surface area contributed by atoms with Crippen molar-refractivity contribution in [3.63, 3.8) is 0 Å². The van der Waals surface area contributed by atoms with E-state index < -0.39 is 0 Å². The Morgan fingerprint density at radius 2 is 2.21 bits per heavy atom. The van der Waals surface area contributed by atoms with Crippen LogP contribution in [-0.4, -0.2) is 49.1 Å². The number of aromatic nitrogens is 1. The van der Waals surface area contributed by atoms with E-state index in [0.717, 1.165) is 3.79 Å². The molecule has 8 heteroatoms. The van der Waals surface area contributed by atoms with E-state index in [2.05, 4.69) is 32.4 Å². The molecular weight excluding hydrogens is 414 g/mol. The van der Waals surface area contributed by atoms with Crippen molar-refractivity contribution in [1.82, 2.24) is 9.88 Å². The molecule has 0 N–H and O–H groups in total. The maximum atomic E-state index is 12.5. The Morgan fingerprint density at radius 1 is 1.46 bits per heavy atom. The molecule has 24 heavy (non-hydrogen) atoms. The van der Waals surface area contributed by atoms with Crippen LogP contribution in [0.2, 0.25) is 5.02 Å². The summed E-state index contributed by atoms with van der Waals surface area (Å²) in [5, 5.41) is 2.57. The normalized spacial score (nSPS) is 14.7.